The molecule has 2 rings (SSSR count). The molecular weight excluding hydrogens is 361 g/mol. The summed E-state index contributed by atoms with van der Waals surface area (Å²) in [6.07, 6.45) is -0.695. The lowest BCUT2D eigenvalue weighted by atomic mass is 9.85. The third kappa shape index (κ3) is 6.48. The molecule has 1 heterocycles. The highest BCUT2D eigenvalue weighted by atomic mass is 19.4. The smallest absolute Gasteiger partial charge is 0.391 e. The molecule has 0 bridgehead atoms. The van der Waals surface area contributed by atoms with Crippen LogP contribution in [0.3, 0.4) is 0 Å². The molecule has 0 aromatic carbocycles. The average molecular weight is 388 g/mol. The number of guanidine groups is 1. The molecule has 1 aliphatic rings. The van der Waals surface area contributed by atoms with Crippen molar-refractivity contribution in [3.05, 3.63) is 23.7 Å². The first-order chi connectivity index (χ1) is 12.8. The molecule has 6 nitrogen and oxygen atoms in total. The summed E-state index contributed by atoms with van der Waals surface area (Å²) < 4.78 is 43.3. The zero-order valence-corrected chi connectivity index (χ0v) is 15.7. The number of hydrogen-bond acceptors (Lipinski definition) is 3. The lowest BCUT2D eigenvalue weighted by Crippen LogP contribution is -2.46. The van der Waals surface area contributed by atoms with Gasteiger partial charge in [0.1, 0.15) is 0 Å². The van der Waals surface area contributed by atoms with Crippen LogP contribution in [0.2, 0.25) is 0 Å². The number of carbonyl (C=O) groups excluding carboxylic acids is 1. The molecule has 9 heteroatoms. The van der Waals surface area contributed by atoms with Crippen LogP contribution in [0.15, 0.2) is 21.7 Å². The highest BCUT2D eigenvalue weighted by Crippen LogP contribution is 2.37. The summed E-state index contributed by atoms with van der Waals surface area (Å²) in [7, 11) is 1.62. The van der Waals surface area contributed by atoms with Crippen LogP contribution in [0.4, 0.5) is 13.2 Å². The number of rotatable bonds is 6. The van der Waals surface area contributed by atoms with E-state index in [1.54, 1.807) is 20.0 Å². The number of carbonyl (C=O) groups is 1. The van der Waals surface area contributed by atoms with Crippen molar-refractivity contribution in [2.45, 2.75) is 51.2 Å². The van der Waals surface area contributed by atoms with Gasteiger partial charge in [0.15, 0.2) is 11.7 Å². The maximum Gasteiger partial charge on any atom is 0.391 e. The van der Waals surface area contributed by atoms with E-state index in [2.05, 4.69) is 20.9 Å². The molecule has 1 aliphatic carbocycles. The lowest BCUT2D eigenvalue weighted by Gasteiger charge is -2.31. The van der Waals surface area contributed by atoms with Gasteiger partial charge in [-0.05, 0) is 45.1 Å². The molecule has 0 spiro atoms. The Kier molecular flexibility index (Phi) is 7.55. The fraction of sp³-hybridized carbons (Fsp3) is 0.667. The van der Waals surface area contributed by atoms with E-state index in [9.17, 15) is 18.0 Å². The van der Waals surface area contributed by atoms with E-state index in [1.807, 2.05) is 0 Å². The van der Waals surface area contributed by atoms with Crippen molar-refractivity contribution < 1.29 is 22.4 Å². The molecule has 0 saturated heterocycles. The largest absolute Gasteiger partial charge is 0.459 e. The van der Waals surface area contributed by atoms with Crippen LogP contribution in [-0.4, -0.2) is 44.2 Å². The Morgan fingerprint density at radius 2 is 1.89 bits per heavy atom. The van der Waals surface area contributed by atoms with Gasteiger partial charge in [-0.3, -0.25) is 9.79 Å². The normalized spacial score (nSPS) is 21.0. The van der Waals surface area contributed by atoms with Gasteiger partial charge in [0.2, 0.25) is 0 Å². The molecule has 152 valence electrons. The van der Waals surface area contributed by atoms with Crippen LogP contribution >= 0.6 is 0 Å². The number of amides is 1. The van der Waals surface area contributed by atoms with Gasteiger partial charge in [-0.15, -0.1) is 0 Å². The molecular formula is C18H27F3N4O2. The first kappa shape index (κ1) is 21.1. The van der Waals surface area contributed by atoms with Crippen LogP contribution in [0.25, 0.3) is 0 Å². The zero-order chi connectivity index (χ0) is 19.9. The van der Waals surface area contributed by atoms with Crippen LogP contribution in [0, 0.1) is 12.8 Å². The maximum absolute atomic E-state index is 12.7. The minimum Gasteiger partial charge on any atom is -0.459 e. The molecule has 0 unspecified atom stereocenters. The van der Waals surface area contributed by atoms with E-state index < -0.39 is 12.1 Å². The number of aryl methyl sites for hydroxylation is 1. The number of aliphatic imine (C=N–C) groups is 1. The van der Waals surface area contributed by atoms with Crippen molar-refractivity contribution in [1.82, 2.24) is 16.0 Å². The van der Waals surface area contributed by atoms with Crippen molar-refractivity contribution in [2.75, 3.05) is 20.1 Å². The Balaban J connectivity index is 1.62. The fourth-order valence-corrected chi connectivity index (χ4v) is 3.14. The van der Waals surface area contributed by atoms with Gasteiger partial charge in [0, 0.05) is 31.7 Å². The predicted octanol–water partition coefficient (Wildman–Crippen LogP) is 2.99. The Bertz CT molecular complexity index is 635. The van der Waals surface area contributed by atoms with Gasteiger partial charge in [0.25, 0.3) is 5.91 Å². The number of furan rings is 1. The topological polar surface area (TPSA) is 78.7 Å². The van der Waals surface area contributed by atoms with E-state index in [0.29, 0.717) is 44.1 Å². The minimum absolute atomic E-state index is 0.00331. The SMILES string of the molecule is CN=C(NCCCNC(=O)c1occc1C)NC1CCC(C(F)(F)F)CC1. The quantitative estimate of drug-likeness (QED) is 0.398. The third-order valence-electron chi connectivity index (χ3n) is 4.75. The van der Waals surface area contributed by atoms with Crippen molar-refractivity contribution in [3.63, 3.8) is 0 Å². The van der Waals surface area contributed by atoms with E-state index in [1.165, 1.54) is 6.26 Å². The second-order valence-corrected chi connectivity index (χ2v) is 6.78. The van der Waals surface area contributed by atoms with E-state index >= 15 is 0 Å². The molecule has 27 heavy (non-hydrogen) atoms. The van der Waals surface area contributed by atoms with Crippen LogP contribution in [0.5, 0.6) is 0 Å². The molecule has 1 aromatic rings. The van der Waals surface area contributed by atoms with E-state index in [4.69, 9.17) is 4.42 Å². The Hall–Kier alpha value is -2.19. The molecule has 1 saturated carbocycles. The van der Waals surface area contributed by atoms with Crippen LogP contribution in [0.1, 0.15) is 48.2 Å². The highest BCUT2D eigenvalue weighted by molar-refractivity contribution is 5.92. The molecule has 1 amide bonds. The summed E-state index contributed by atoms with van der Waals surface area (Å²) in [4.78, 5) is 16.0. The Labute approximate surface area is 157 Å². The van der Waals surface area contributed by atoms with Crippen molar-refractivity contribution in [1.29, 1.82) is 0 Å². The molecule has 1 aromatic heterocycles. The number of nitrogens with zero attached hydrogens (tertiary/aromatic N) is 1. The second kappa shape index (κ2) is 9.66. The third-order valence-corrected chi connectivity index (χ3v) is 4.75. The van der Waals surface area contributed by atoms with Gasteiger partial charge in [0.05, 0.1) is 12.2 Å². The summed E-state index contributed by atoms with van der Waals surface area (Å²) in [5.41, 5.74) is 0.787. The van der Waals surface area contributed by atoms with Gasteiger partial charge >= 0.3 is 6.18 Å². The number of hydrogen-bond donors (Lipinski definition) is 3. The Morgan fingerprint density at radius 1 is 1.22 bits per heavy atom. The van der Waals surface area contributed by atoms with Crippen LogP contribution < -0.4 is 16.0 Å². The van der Waals surface area contributed by atoms with Crippen molar-refractivity contribution >= 4 is 11.9 Å². The summed E-state index contributed by atoms with van der Waals surface area (Å²) in [6.45, 7) is 2.85. The molecule has 3 N–H and O–H groups in total. The number of nitrogens with one attached hydrogen (secondary N) is 3. The van der Waals surface area contributed by atoms with Gasteiger partial charge < -0.3 is 20.4 Å². The Morgan fingerprint density at radius 3 is 2.44 bits per heavy atom. The highest BCUT2D eigenvalue weighted by Gasteiger charge is 2.41. The first-order valence-corrected chi connectivity index (χ1v) is 9.17. The lowest BCUT2D eigenvalue weighted by molar-refractivity contribution is -0.182. The predicted molar refractivity (Wildman–Crippen MR) is 96.7 cm³/mol. The minimum atomic E-state index is -4.09. The molecule has 0 radical (unpaired) electrons. The van der Waals surface area contributed by atoms with Gasteiger partial charge in [-0.1, -0.05) is 0 Å². The standard InChI is InChI=1S/C18H27F3N4O2/c1-12-8-11-27-15(12)16(26)23-9-3-10-24-17(22-2)25-14-6-4-13(5-7-14)18(19,20)21/h8,11,13-14H,3-7,9-10H2,1-2H3,(H,23,26)(H2,22,24,25). The molecule has 1 fully saturated rings. The zero-order valence-electron chi connectivity index (χ0n) is 15.7. The van der Waals surface area contributed by atoms with Crippen molar-refractivity contribution in [2.24, 2.45) is 10.9 Å². The monoisotopic (exact) mass is 388 g/mol. The maximum atomic E-state index is 12.7. The fourth-order valence-electron chi connectivity index (χ4n) is 3.14. The first-order valence-electron chi connectivity index (χ1n) is 9.17. The van der Waals surface area contributed by atoms with E-state index in [-0.39, 0.29) is 24.8 Å². The second-order valence-electron chi connectivity index (χ2n) is 6.78. The summed E-state index contributed by atoms with van der Waals surface area (Å²) in [5.74, 6) is -0.554. The summed E-state index contributed by atoms with van der Waals surface area (Å²) in [5, 5.41) is 9.07. The molecule has 0 atom stereocenters. The summed E-state index contributed by atoms with van der Waals surface area (Å²) >= 11 is 0. The van der Waals surface area contributed by atoms with Crippen molar-refractivity contribution in [3.8, 4) is 0 Å². The van der Waals surface area contributed by atoms with Gasteiger partial charge in [-0.2, -0.15) is 13.2 Å². The average Bonchev–Trinajstić information content (AvgIpc) is 3.06. The number of alkyl halides is 3. The number of halogens is 3. The van der Waals surface area contributed by atoms with E-state index in [0.717, 1.165) is 5.56 Å². The van der Waals surface area contributed by atoms with Crippen LogP contribution in [-0.2, 0) is 0 Å². The van der Waals surface area contributed by atoms with Gasteiger partial charge in [-0.25, -0.2) is 0 Å². The molecule has 0 aliphatic heterocycles. The summed E-state index contributed by atoms with van der Waals surface area (Å²) in [6, 6.07) is 1.73.